The molecule has 0 saturated carbocycles. The van der Waals surface area contributed by atoms with Crippen LogP contribution in [0.15, 0.2) is 54.6 Å². The van der Waals surface area contributed by atoms with Gasteiger partial charge in [0.05, 0.1) is 6.61 Å². The van der Waals surface area contributed by atoms with Crippen molar-refractivity contribution in [2.75, 3.05) is 32.2 Å². The molecule has 2 atom stereocenters. The van der Waals surface area contributed by atoms with Crippen LogP contribution in [0.25, 0.3) is 10.9 Å². The van der Waals surface area contributed by atoms with E-state index in [1.165, 1.54) is 18.5 Å². The van der Waals surface area contributed by atoms with Gasteiger partial charge in [-0.1, -0.05) is 30.3 Å². The molecule has 2 aromatic carbocycles. The molecule has 1 aliphatic heterocycles. The summed E-state index contributed by atoms with van der Waals surface area (Å²) in [7, 11) is 1.60. The van der Waals surface area contributed by atoms with Crippen LogP contribution in [0.3, 0.4) is 0 Å². The Labute approximate surface area is 188 Å². The van der Waals surface area contributed by atoms with Crippen molar-refractivity contribution in [3.05, 3.63) is 65.9 Å². The number of benzene rings is 2. The number of ether oxygens (including phenoxy) is 2. The molecule has 1 amide bonds. The minimum Gasteiger partial charge on any atom is -0.461 e. The standard InChI is InChI=1S/C14H16N2O4.C11H15N/c1-19-5-2-6-20-14(18)13-8-10-7-11(15-9-17)3-4-12(10)16-13;1-9-11(7-8-12-9)10-5-3-2-4-6-10/h3-4,7-9,16H,2,5-6H2,1H3,(H,15,17);2-6,9,11-12H,7-8H2,1H3/t;9?,11-/m.1/s1. The van der Waals surface area contributed by atoms with Crippen molar-refractivity contribution in [2.24, 2.45) is 0 Å². The molecule has 7 heteroatoms. The lowest BCUT2D eigenvalue weighted by Gasteiger charge is -2.14. The fourth-order valence-corrected chi connectivity index (χ4v) is 3.86. The molecule has 3 aromatic rings. The van der Waals surface area contributed by atoms with Crippen LogP contribution < -0.4 is 10.6 Å². The van der Waals surface area contributed by atoms with E-state index in [2.05, 4.69) is 52.9 Å². The average Bonchev–Trinajstić information content (AvgIpc) is 3.44. The number of hydrogen-bond acceptors (Lipinski definition) is 5. The number of carbonyl (C=O) groups is 2. The van der Waals surface area contributed by atoms with Gasteiger partial charge < -0.3 is 25.1 Å². The number of rotatable bonds is 8. The lowest BCUT2D eigenvalue weighted by Crippen LogP contribution is -2.21. The Kier molecular flexibility index (Phi) is 8.83. The maximum atomic E-state index is 11.8. The average molecular weight is 438 g/mol. The maximum absolute atomic E-state index is 11.8. The molecular weight excluding hydrogens is 406 g/mol. The second-order valence-corrected chi connectivity index (χ2v) is 7.78. The van der Waals surface area contributed by atoms with Gasteiger partial charge in [0.25, 0.3) is 0 Å². The third kappa shape index (κ3) is 6.42. The molecule has 0 radical (unpaired) electrons. The number of aromatic nitrogens is 1. The number of anilines is 1. The van der Waals surface area contributed by atoms with Gasteiger partial charge in [0.2, 0.25) is 6.41 Å². The molecular formula is C25H31N3O4. The van der Waals surface area contributed by atoms with E-state index in [-0.39, 0.29) is 0 Å². The fraction of sp³-hybridized carbons (Fsp3) is 0.360. The highest BCUT2D eigenvalue weighted by Crippen LogP contribution is 2.26. The number of fused-ring (bicyclic) bond motifs is 1. The molecule has 3 N–H and O–H groups in total. The normalized spacial score (nSPS) is 17.4. The fourth-order valence-electron chi connectivity index (χ4n) is 3.86. The third-order valence-corrected chi connectivity index (χ3v) is 5.55. The molecule has 0 aliphatic carbocycles. The van der Waals surface area contributed by atoms with E-state index in [9.17, 15) is 9.59 Å². The van der Waals surface area contributed by atoms with Crippen molar-refractivity contribution in [3.8, 4) is 0 Å². The Morgan fingerprint density at radius 3 is 2.66 bits per heavy atom. The first-order valence-corrected chi connectivity index (χ1v) is 10.9. The molecule has 1 aliphatic rings. The van der Waals surface area contributed by atoms with E-state index in [0.717, 1.165) is 16.8 Å². The van der Waals surface area contributed by atoms with Crippen LogP contribution in [0, 0.1) is 0 Å². The van der Waals surface area contributed by atoms with Gasteiger partial charge in [-0.05, 0) is 49.7 Å². The first kappa shape index (κ1) is 23.5. The smallest absolute Gasteiger partial charge is 0.354 e. The first-order chi connectivity index (χ1) is 15.6. The molecule has 1 unspecified atom stereocenters. The van der Waals surface area contributed by atoms with E-state index in [1.54, 1.807) is 31.4 Å². The lowest BCUT2D eigenvalue weighted by atomic mass is 9.93. The predicted molar refractivity (Wildman–Crippen MR) is 126 cm³/mol. The van der Waals surface area contributed by atoms with Crippen LogP contribution in [-0.2, 0) is 14.3 Å². The van der Waals surface area contributed by atoms with Crippen molar-refractivity contribution in [2.45, 2.75) is 31.7 Å². The zero-order chi connectivity index (χ0) is 22.8. The molecule has 170 valence electrons. The van der Waals surface area contributed by atoms with Gasteiger partial charge in [-0.2, -0.15) is 0 Å². The number of esters is 1. The minimum atomic E-state index is -0.401. The van der Waals surface area contributed by atoms with Gasteiger partial charge in [-0.25, -0.2) is 4.79 Å². The van der Waals surface area contributed by atoms with Crippen molar-refractivity contribution < 1.29 is 19.1 Å². The van der Waals surface area contributed by atoms with E-state index in [4.69, 9.17) is 9.47 Å². The quantitative estimate of drug-likeness (QED) is 0.281. The summed E-state index contributed by atoms with van der Waals surface area (Å²) in [4.78, 5) is 25.2. The Hall–Kier alpha value is -3.16. The van der Waals surface area contributed by atoms with Crippen molar-refractivity contribution in [1.82, 2.24) is 10.3 Å². The minimum absolute atomic E-state index is 0.319. The molecule has 1 fully saturated rings. The first-order valence-electron chi connectivity index (χ1n) is 10.9. The molecule has 0 bridgehead atoms. The molecule has 1 aromatic heterocycles. The Morgan fingerprint density at radius 2 is 1.97 bits per heavy atom. The highest BCUT2D eigenvalue weighted by Gasteiger charge is 2.23. The van der Waals surface area contributed by atoms with Gasteiger partial charge in [-0.3, -0.25) is 4.79 Å². The molecule has 4 rings (SSSR count). The molecule has 0 spiro atoms. The number of nitrogens with one attached hydrogen (secondary N) is 3. The Balaban J connectivity index is 0.000000204. The zero-order valence-corrected chi connectivity index (χ0v) is 18.6. The van der Waals surface area contributed by atoms with Crippen LogP contribution in [0.5, 0.6) is 0 Å². The highest BCUT2D eigenvalue weighted by molar-refractivity contribution is 5.96. The molecule has 32 heavy (non-hydrogen) atoms. The zero-order valence-electron chi connectivity index (χ0n) is 18.6. The van der Waals surface area contributed by atoms with E-state index in [0.29, 0.717) is 43.5 Å². The van der Waals surface area contributed by atoms with E-state index >= 15 is 0 Å². The van der Waals surface area contributed by atoms with Crippen LogP contribution >= 0.6 is 0 Å². The monoisotopic (exact) mass is 437 g/mol. The second-order valence-electron chi connectivity index (χ2n) is 7.78. The molecule has 7 nitrogen and oxygen atoms in total. The summed E-state index contributed by atoms with van der Waals surface area (Å²) < 4.78 is 9.99. The van der Waals surface area contributed by atoms with Gasteiger partial charge >= 0.3 is 5.97 Å². The molecule has 2 heterocycles. The maximum Gasteiger partial charge on any atom is 0.354 e. The number of methoxy groups -OCH3 is 1. The van der Waals surface area contributed by atoms with Crippen molar-refractivity contribution >= 4 is 29.0 Å². The van der Waals surface area contributed by atoms with Crippen LogP contribution in [0.1, 0.15) is 41.7 Å². The molecule has 1 saturated heterocycles. The lowest BCUT2D eigenvalue weighted by molar-refractivity contribution is -0.105. The van der Waals surface area contributed by atoms with Crippen molar-refractivity contribution in [1.29, 1.82) is 0 Å². The van der Waals surface area contributed by atoms with Crippen LogP contribution in [0.4, 0.5) is 5.69 Å². The summed E-state index contributed by atoms with van der Waals surface area (Å²) >= 11 is 0. The number of H-pyrrole nitrogens is 1. The summed E-state index contributed by atoms with van der Waals surface area (Å²) in [5, 5.41) is 6.86. The number of hydrogen-bond donors (Lipinski definition) is 3. The Bertz CT molecular complexity index is 1000. The highest BCUT2D eigenvalue weighted by atomic mass is 16.5. The number of amides is 1. The van der Waals surface area contributed by atoms with Gasteiger partial charge in [0.15, 0.2) is 0 Å². The number of carbonyl (C=O) groups excluding carboxylic acids is 2. The van der Waals surface area contributed by atoms with Crippen LogP contribution in [-0.4, -0.2) is 50.3 Å². The summed E-state index contributed by atoms with van der Waals surface area (Å²) in [6, 6.07) is 18.5. The summed E-state index contributed by atoms with van der Waals surface area (Å²) in [6.45, 7) is 4.31. The van der Waals surface area contributed by atoms with Gasteiger partial charge in [-0.15, -0.1) is 0 Å². The topological polar surface area (TPSA) is 92.4 Å². The summed E-state index contributed by atoms with van der Waals surface area (Å²) in [5.41, 5.74) is 3.35. The second kappa shape index (κ2) is 12.0. The number of aromatic amines is 1. The van der Waals surface area contributed by atoms with E-state index in [1.807, 2.05) is 0 Å². The van der Waals surface area contributed by atoms with Gasteiger partial charge in [0.1, 0.15) is 5.69 Å². The van der Waals surface area contributed by atoms with E-state index < -0.39 is 5.97 Å². The Morgan fingerprint density at radius 1 is 1.16 bits per heavy atom. The van der Waals surface area contributed by atoms with Crippen LogP contribution in [0.2, 0.25) is 0 Å². The summed E-state index contributed by atoms with van der Waals surface area (Å²) in [5.74, 6) is 0.327. The largest absolute Gasteiger partial charge is 0.461 e. The van der Waals surface area contributed by atoms with Crippen molar-refractivity contribution in [3.63, 3.8) is 0 Å². The summed E-state index contributed by atoms with van der Waals surface area (Å²) in [6.07, 6.45) is 2.56. The predicted octanol–water partition coefficient (Wildman–Crippen LogP) is 4.08. The van der Waals surface area contributed by atoms with Gasteiger partial charge in [0, 0.05) is 48.7 Å². The SMILES string of the molecule is CC1NCC[C@H]1c1ccccc1.COCCCOC(=O)c1cc2cc(NC=O)ccc2[nH]1. The third-order valence-electron chi connectivity index (χ3n) is 5.55.